The Morgan fingerprint density at radius 2 is 1.68 bits per heavy atom. The molecule has 0 bridgehead atoms. The van der Waals surface area contributed by atoms with Gasteiger partial charge in [0.1, 0.15) is 11.3 Å². The van der Waals surface area contributed by atoms with E-state index in [1.54, 1.807) is 12.1 Å². The van der Waals surface area contributed by atoms with Crippen LogP contribution in [0.3, 0.4) is 0 Å². The lowest BCUT2D eigenvalue weighted by atomic mass is 10.1. The lowest BCUT2D eigenvalue weighted by Gasteiger charge is -2.37. The van der Waals surface area contributed by atoms with Crippen LogP contribution in [0.2, 0.25) is 0 Å². The number of carbonyl (C=O) groups excluding carboxylic acids is 1. The third kappa shape index (κ3) is 3.10. The molecule has 0 unspecified atom stereocenters. The molecule has 2 aromatic carbocycles. The number of para-hydroxylation sites is 1. The molecule has 6 heteroatoms. The minimum absolute atomic E-state index is 0.0530. The molecule has 5 rings (SSSR count). The summed E-state index contributed by atoms with van der Waals surface area (Å²) in [4.78, 5) is 30.1. The summed E-state index contributed by atoms with van der Waals surface area (Å²) in [6.45, 7) is 7.12. The van der Waals surface area contributed by atoms with Gasteiger partial charge < -0.3 is 18.8 Å². The van der Waals surface area contributed by atoms with Crippen molar-refractivity contribution in [2.24, 2.45) is 7.05 Å². The second kappa shape index (κ2) is 7.30. The van der Waals surface area contributed by atoms with Crippen molar-refractivity contribution in [3.05, 3.63) is 75.8 Å². The minimum atomic E-state index is -0.414. The van der Waals surface area contributed by atoms with E-state index in [-0.39, 0.29) is 5.91 Å². The molecule has 158 valence electrons. The molecular formula is C25H25N3O3. The average Bonchev–Trinajstić information content (AvgIpc) is 3.14. The molecule has 3 heterocycles. The fourth-order valence-electron chi connectivity index (χ4n) is 4.59. The van der Waals surface area contributed by atoms with E-state index in [1.165, 1.54) is 16.8 Å². The van der Waals surface area contributed by atoms with Crippen LogP contribution in [0.5, 0.6) is 0 Å². The second-order valence-corrected chi connectivity index (χ2v) is 8.23. The summed E-state index contributed by atoms with van der Waals surface area (Å²) in [5.74, 6) is -0.0530. The number of nitrogens with zero attached hydrogens (tertiary/aromatic N) is 3. The van der Waals surface area contributed by atoms with Gasteiger partial charge in [-0.15, -0.1) is 0 Å². The Labute approximate surface area is 180 Å². The molecule has 1 amide bonds. The normalized spacial score (nSPS) is 14.5. The van der Waals surface area contributed by atoms with Gasteiger partial charge in [-0.3, -0.25) is 4.79 Å². The quantitative estimate of drug-likeness (QED) is 0.467. The van der Waals surface area contributed by atoms with Gasteiger partial charge in [0.15, 0.2) is 0 Å². The summed E-state index contributed by atoms with van der Waals surface area (Å²) in [6.07, 6.45) is 0. The second-order valence-electron chi connectivity index (χ2n) is 8.23. The van der Waals surface area contributed by atoms with Gasteiger partial charge >= 0.3 is 5.63 Å². The highest BCUT2D eigenvalue weighted by molar-refractivity contribution is 6.07. The summed E-state index contributed by atoms with van der Waals surface area (Å²) < 4.78 is 7.28. The molecule has 0 radical (unpaired) electrons. The zero-order valence-corrected chi connectivity index (χ0v) is 18.0. The Balaban J connectivity index is 1.44. The average molecular weight is 415 g/mol. The molecule has 1 saturated heterocycles. The maximum atomic E-state index is 13.4. The Morgan fingerprint density at radius 1 is 0.935 bits per heavy atom. The first-order chi connectivity index (χ1) is 15.0. The Bertz CT molecular complexity index is 1370. The first-order valence-corrected chi connectivity index (χ1v) is 10.6. The van der Waals surface area contributed by atoms with E-state index in [4.69, 9.17) is 4.42 Å². The molecule has 0 N–H and O–H groups in total. The summed E-state index contributed by atoms with van der Waals surface area (Å²) in [7, 11) is 1.84. The number of fused-ring (bicyclic) bond motifs is 3. The van der Waals surface area contributed by atoms with Crippen molar-refractivity contribution < 1.29 is 9.21 Å². The maximum absolute atomic E-state index is 13.4. The topological polar surface area (TPSA) is 58.7 Å². The molecule has 6 nitrogen and oxygen atoms in total. The number of anilines is 1. The highest BCUT2D eigenvalue weighted by Crippen LogP contribution is 2.27. The molecule has 1 fully saturated rings. The molecule has 0 spiro atoms. The predicted octanol–water partition coefficient (Wildman–Crippen LogP) is 3.86. The number of hydrogen-bond donors (Lipinski definition) is 0. The van der Waals surface area contributed by atoms with Crippen molar-refractivity contribution >= 4 is 33.5 Å². The minimum Gasteiger partial charge on any atom is -0.422 e. The fourth-order valence-corrected chi connectivity index (χ4v) is 4.59. The van der Waals surface area contributed by atoms with Gasteiger partial charge in [0.05, 0.1) is 10.9 Å². The van der Waals surface area contributed by atoms with E-state index in [1.807, 2.05) is 34.7 Å². The van der Waals surface area contributed by atoms with Crippen LogP contribution in [-0.4, -0.2) is 41.6 Å². The van der Waals surface area contributed by atoms with E-state index in [0.29, 0.717) is 29.8 Å². The van der Waals surface area contributed by atoms with Crippen molar-refractivity contribution in [2.45, 2.75) is 13.8 Å². The van der Waals surface area contributed by atoms with Gasteiger partial charge in [0.2, 0.25) is 0 Å². The Morgan fingerprint density at radius 3 is 2.45 bits per heavy atom. The number of piperazine rings is 1. The SMILES string of the molecule is Cc1cccc(N2CCN(C(=O)c3cc4c(=O)oc5ccccc5c4n3C)CC2)c1C. The van der Waals surface area contributed by atoms with Crippen molar-refractivity contribution in [2.75, 3.05) is 31.1 Å². The van der Waals surface area contributed by atoms with Gasteiger partial charge in [0, 0.05) is 44.3 Å². The van der Waals surface area contributed by atoms with E-state index >= 15 is 0 Å². The molecule has 0 atom stereocenters. The number of aromatic nitrogens is 1. The van der Waals surface area contributed by atoms with Crippen LogP contribution < -0.4 is 10.5 Å². The summed E-state index contributed by atoms with van der Waals surface area (Å²) in [5, 5.41) is 1.27. The fraction of sp³-hybridized carbons (Fsp3) is 0.280. The number of hydrogen-bond acceptors (Lipinski definition) is 4. The molecule has 0 saturated carbocycles. The van der Waals surface area contributed by atoms with E-state index in [0.717, 1.165) is 24.0 Å². The first kappa shape index (κ1) is 19.4. The standard InChI is InChI=1S/C25H25N3O3/c1-16-7-6-9-20(17(16)2)27-11-13-28(14-12-27)24(29)21-15-19-23(26(21)3)18-8-4-5-10-22(18)31-25(19)30/h4-10,15H,11-14H2,1-3H3. The summed E-state index contributed by atoms with van der Waals surface area (Å²) in [6, 6.07) is 15.5. The van der Waals surface area contributed by atoms with Crippen LogP contribution in [0.15, 0.2) is 57.7 Å². The molecule has 4 aromatic rings. The molecule has 0 aliphatic carbocycles. The number of aryl methyl sites for hydroxylation is 2. The molecular weight excluding hydrogens is 390 g/mol. The molecule has 1 aliphatic rings. The van der Waals surface area contributed by atoms with Crippen molar-refractivity contribution in [3.63, 3.8) is 0 Å². The number of rotatable bonds is 2. The van der Waals surface area contributed by atoms with Crippen LogP contribution in [-0.2, 0) is 7.05 Å². The van der Waals surface area contributed by atoms with Crippen LogP contribution >= 0.6 is 0 Å². The van der Waals surface area contributed by atoms with Gasteiger partial charge in [-0.1, -0.05) is 24.3 Å². The Kier molecular flexibility index (Phi) is 4.58. The smallest absolute Gasteiger partial charge is 0.345 e. The third-order valence-electron chi connectivity index (χ3n) is 6.50. The van der Waals surface area contributed by atoms with E-state index < -0.39 is 5.63 Å². The molecule has 31 heavy (non-hydrogen) atoms. The van der Waals surface area contributed by atoms with E-state index in [9.17, 15) is 9.59 Å². The Hall–Kier alpha value is -3.54. The third-order valence-corrected chi connectivity index (χ3v) is 6.50. The molecule has 1 aliphatic heterocycles. The van der Waals surface area contributed by atoms with Crippen LogP contribution in [0.1, 0.15) is 21.6 Å². The number of carbonyl (C=O) groups is 1. The number of benzene rings is 2. The van der Waals surface area contributed by atoms with E-state index in [2.05, 4.69) is 36.9 Å². The van der Waals surface area contributed by atoms with Gasteiger partial charge in [-0.25, -0.2) is 4.79 Å². The van der Waals surface area contributed by atoms with Crippen LogP contribution in [0.4, 0.5) is 5.69 Å². The van der Waals surface area contributed by atoms with Crippen molar-refractivity contribution in [3.8, 4) is 0 Å². The number of amides is 1. The van der Waals surface area contributed by atoms with Crippen LogP contribution in [0.25, 0.3) is 21.9 Å². The summed E-state index contributed by atoms with van der Waals surface area (Å²) in [5.41, 5.74) is 5.17. The molecule has 2 aromatic heterocycles. The largest absolute Gasteiger partial charge is 0.422 e. The summed E-state index contributed by atoms with van der Waals surface area (Å²) >= 11 is 0. The van der Waals surface area contributed by atoms with Crippen molar-refractivity contribution in [1.29, 1.82) is 0 Å². The zero-order valence-electron chi connectivity index (χ0n) is 18.0. The van der Waals surface area contributed by atoms with Crippen molar-refractivity contribution in [1.82, 2.24) is 9.47 Å². The first-order valence-electron chi connectivity index (χ1n) is 10.6. The van der Waals surface area contributed by atoms with Crippen LogP contribution in [0, 0.1) is 13.8 Å². The predicted molar refractivity (Wildman–Crippen MR) is 123 cm³/mol. The highest BCUT2D eigenvalue weighted by Gasteiger charge is 2.26. The van der Waals surface area contributed by atoms with Gasteiger partial charge in [-0.05, 0) is 49.2 Å². The lowest BCUT2D eigenvalue weighted by Crippen LogP contribution is -2.49. The zero-order chi connectivity index (χ0) is 21.7. The van der Waals surface area contributed by atoms with Gasteiger partial charge in [-0.2, -0.15) is 0 Å². The highest BCUT2D eigenvalue weighted by atomic mass is 16.4. The monoisotopic (exact) mass is 415 g/mol. The lowest BCUT2D eigenvalue weighted by molar-refractivity contribution is 0.0737. The maximum Gasteiger partial charge on any atom is 0.345 e. The van der Waals surface area contributed by atoms with Gasteiger partial charge in [0.25, 0.3) is 5.91 Å².